The standard InChI is InChI=1S/C15H28N4O/c1-12(2)19-10-5-4-7-13(19)11-14-17-15(20-18-14)8-6-9-16-3/h12-13,16H,4-11H2,1-3H3. The van der Waals surface area contributed by atoms with Crippen LogP contribution in [0.15, 0.2) is 4.52 Å². The monoisotopic (exact) mass is 280 g/mol. The van der Waals surface area contributed by atoms with Crippen LogP contribution in [0.1, 0.15) is 51.2 Å². The molecule has 1 aromatic rings. The summed E-state index contributed by atoms with van der Waals surface area (Å²) in [4.78, 5) is 7.12. The lowest BCUT2D eigenvalue weighted by Gasteiger charge is -2.38. The van der Waals surface area contributed by atoms with Gasteiger partial charge < -0.3 is 9.84 Å². The first-order valence-corrected chi connectivity index (χ1v) is 7.92. The minimum atomic E-state index is 0.575. The molecular formula is C15H28N4O. The van der Waals surface area contributed by atoms with Crippen LogP contribution >= 0.6 is 0 Å². The SMILES string of the molecule is CNCCCc1nc(CC2CCCCN2C(C)C)no1. The van der Waals surface area contributed by atoms with Gasteiger partial charge in [-0.2, -0.15) is 4.98 Å². The molecule has 1 aromatic heterocycles. The molecule has 0 aliphatic carbocycles. The van der Waals surface area contributed by atoms with Crippen LogP contribution in [-0.4, -0.2) is 47.3 Å². The zero-order chi connectivity index (χ0) is 14.4. The minimum Gasteiger partial charge on any atom is -0.339 e. The Labute approximate surface area is 122 Å². The van der Waals surface area contributed by atoms with Gasteiger partial charge in [-0.15, -0.1) is 0 Å². The number of nitrogens with one attached hydrogen (secondary N) is 1. The molecule has 5 heteroatoms. The Bertz CT molecular complexity index is 391. The molecule has 1 N–H and O–H groups in total. The maximum absolute atomic E-state index is 5.34. The van der Waals surface area contributed by atoms with E-state index in [1.54, 1.807) is 0 Å². The van der Waals surface area contributed by atoms with Gasteiger partial charge in [0.25, 0.3) is 0 Å². The molecule has 0 bridgehead atoms. The predicted molar refractivity (Wildman–Crippen MR) is 79.7 cm³/mol. The highest BCUT2D eigenvalue weighted by atomic mass is 16.5. The number of hydrogen-bond donors (Lipinski definition) is 1. The summed E-state index contributed by atoms with van der Waals surface area (Å²) in [6, 6.07) is 1.17. The van der Waals surface area contributed by atoms with Crippen molar-refractivity contribution >= 4 is 0 Å². The number of aryl methyl sites for hydroxylation is 1. The Hall–Kier alpha value is -0.940. The second-order valence-electron chi connectivity index (χ2n) is 6.00. The molecular weight excluding hydrogens is 252 g/mol. The lowest BCUT2D eigenvalue weighted by molar-refractivity contribution is 0.110. The Kier molecular flexibility index (Phi) is 5.98. The minimum absolute atomic E-state index is 0.575. The summed E-state index contributed by atoms with van der Waals surface area (Å²) in [6.07, 6.45) is 6.72. The van der Waals surface area contributed by atoms with Gasteiger partial charge in [0.2, 0.25) is 5.89 Å². The summed E-state index contributed by atoms with van der Waals surface area (Å²) in [5.74, 6) is 1.66. The normalized spacial score (nSPS) is 20.7. The lowest BCUT2D eigenvalue weighted by Crippen LogP contribution is -2.45. The Morgan fingerprint density at radius 3 is 3.00 bits per heavy atom. The fourth-order valence-electron chi connectivity index (χ4n) is 3.02. The number of nitrogens with zero attached hydrogens (tertiary/aromatic N) is 3. The maximum Gasteiger partial charge on any atom is 0.226 e. The first-order chi connectivity index (χ1) is 9.70. The van der Waals surface area contributed by atoms with Gasteiger partial charge in [0.1, 0.15) is 0 Å². The Balaban J connectivity index is 1.88. The van der Waals surface area contributed by atoms with Crippen LogP contribution < -0.4 is 5.32 Å². The zero-order valence-corrected chi connectivity index (χ0v) is 13.1. The van der Waals surface area contributed by atoms with Gasteiger partial charge >= 0.3 is 0 Å². The molecule has 1 unspecified atom stereocenters. The average Bonchev–Trinajstić information content (AvgIpc) is 2.87. The summed E-state index contributed by atoms with van der Waals surface area (Å²) < 4.78 is 5.34. The van der Waals surface area contributed by atoms with Crippen LogP contribution in [0.4, 0.5) is 0 Å². The highest BCUT2D eigenvalue weighted by Gasteiger charge is 2.26. The van der Waals surface area contributed by atoms with E-state index in [9.17, 15) is 0 Å². The van der Waals surface area contributed by atoms with Crippen molar-refractivity contribution in [2.45, 2.75) is 64.5 Å². The van der Waals surface area contributed by atoms with E-state index < -0.39 is 0 Å². The summed E-state index contributed by atoms with van der Waals surface area (Å²) in [6.45, 7) is 6.74. The van der Waals surface area contributed by atoms with Gasteiger partial charge in [-0.3, -0.25) is 4.90 Å². The van der Waals surface area contributed by atoms with Crippen LogP contribution in [0.25, 0.3) is 0 Å². The smallest absolute Gasteiger partial charge is 0.226 e. The second kappa shape index (κ2) is 7.74. The van der Waals surface area contributed by atoms with Crippen molar-refractivity contribution in [3.8, 4) is 0 Å². The van der Waals surface area contributed by atoms with Crippen molar-refractivity contribution in [2.24, 2.45) is 0 Å². The molecule has 1 fully saturated rings. The number of rotatable bonds is 7. The van der Waals surface area contributed by atoms with Crippen molar-refractivity contribution in [1.29, 1.82) is 0 Å². The van der Waals surface area contributed by atoms with Gasteiger partial charge in [-0.1, -0.05) is 11.6 Å². The first kappa shape index (κ1) is 15.4. The third-order valence-electron chi connectivity index (χ3n) is 4.08. The summed E-state index contributed by atoms with van der Waals surface area (Å²) in [7, 11) is 1.96. The maximum atomic E-state index is 5.34. The van der Waals surface area contributed by atoms with Crippen LogP contribution in [0, 0.1) is 0 Å². The van der Waals surface area contributed by atoms with Crippen molar-refractivity contribution in [1.82, 2.24) is 20.4 Å². The predicted octanol–water partition coefficient (Wildman–Crippen LogP) is 2.03. The van der Waals surface area contributed by atoms with E-state index in [4.69, 9.17) is 4.52 Å². The Morgan fingerprint density at radius 1 is 1.40 bits per heavy atom. The molecule has 5 nitrogen and oxygen atoms in total. The number of aromatic nitrogens is 2. The van der Waals surface area contributed by atoms with E-state index in [-0.39, 0.29) is 0 Å². The summed E-state index contributed by atoms with van der Waals surface area (Å²) in [5, 5.41) is 7.28. The third kappa shape index (κ3) is 4.28. The first-order valence-electron chi connectivity index (χ1n) is 7.92. The van der Waals surface area contributed by atoms with Gasteiger partial charge in [0.05, 0.1) is 0 Å². The highest BCUT2D eigenvalue weighted by molar-refractivity contribution is 4.93. The molecule has 1 atom stereocenters. The molecule has 1 saturated heterocycles. The average molecular weight is 280 g/mol. The van der Waals surface area contributed by atoms with Crippen molar-refractivity contribution in [3.63, 3.8) is 0 Å². The Morgan fingerprint density at radius 2 is 2.25 bits per heavy atom. The third-order valence-corrected chi connectivity index (χ3v) is 4.08. The van der Waals surface area contributed by atoms with Gasteiger partial charge in [0, 0.05) is 24.9 Å². The molecule has 0 saturated carbocycles. The van der Waals surface area contributed by atoms with Gasteiger partial charge in [-0.05, 0) is 53.2 Å². The van der Waals surface area contributed by atoms with Crippen molar-refractivity contribution < 1.29 is 4.52 Å². The van der Waals surface area contributed by atoms with Crippen LogP contribution in [0.2, 0.25) is 0 Å². The van der Waals surface area contributed by atoms with Crippen molar-refractivity contribution in [3.05, 3.63) is 11.7 Å². The second-order valence-corrected chi connectivity index (χ2v) is 6.00. The van der Waals surface area contributed by atoms with E-state index in [1.807, 2.05) is 7.05 Å². The van der Waals surface area contributed by atoms with Crippen LogP contribution in [-0.2, 0) is 12.8 Å². The topological polar surface area (TPSA) is 54.2 Å². The van der Waals surface area contributed by atoms with Crippen LogP contribution in [0.3, 0.4) is 0 Å². The molecule has 0 radical (unpaired) electrons. The molecule has 2 heterocycles. The van der Waals surface area contributed by atoms with E-state index in [1.165, 1.54) is 25.8 Å². The molecule has 2 rings (SSSR count). The lowest BCUT2D eigenvalue weighted by atomic mass is 9.97. The fourth-order valence-corrected chi connectivity index (χ4v) is 3.02. The number of hydrogen-bond acceptors (Lipinski definition) is 5. The van der Waals surface area contributed by atoms with E-state index >= 15 is 0 Å². The quantitative estimate of drug-likeness (QED) is 0.775. The summed E-state index contributed by atoms with van der Waals surface area (Å²) >= 11 is 0. The van der Waals surface area contributed by atoms with Gasteiger partial charge in [-0.25, -0.2) is 0 Å². The highest BCUT2D eigenvalue weighted by Crippen LogP contribution is 2.22. The van der Waals surface area contributed by atoms with E-state index in [0.29, 0.717) is 12.1 Å². The fraction of sp³-hybridized carbons (Fsp3) is 0.867. The van der Waals surface area contributed by atoms with Crippen LogP contribution in [0.5, 0.6) is 0 Å². The molecule has 0 spiro atoms. The van der Waals surface area contributed by atoms with Crippen molar-refractivity contribution in [2.75, 3.05) is 20.1 Å². The molecule has 114 valence electrons. The summed E-state index contributed by atoms with van der Waals surface area (Å²) in [5.41, 5.74) is 0. The van der Waals surface area contributed by atoms with E-state index in [0.717, 1.165) is 37.5 Å². The molecule has 0 amide bonds. The largest absolute Gasteiger partial charge is 0.339 e. The number of likely N-dealkylation sites (tertiary alicyclic amines) is 1. The molecule has 0 aromatic carbocycles. The zero-order valence-electron chi connectivity index (χ0n) is 13.1. The van der Waals surface area contributed by atoms with Gasteiger partial charge in [0.15, 0.2) is 5.82 Å². The van der Waals surface area contributed by atoms with E-state index in [2.05, 4.69) is 34.2 Å². The number of piperidine rings is 1. The molecule has 1 aliphatic rings. The molecule has 20 heavy (non-hydrogen) atoms. The molecule has 1 aliphatic heterocycles.